The zero-order valence-corrected chi connectivity index (χ0v) is 10.8. The molecular formula is C14H15BrO. The normalized spacial score (nSPS) is 28.4. The first-order chi connectivity index (χ1) is 7.75. The highest BCUT2D eigenvalue weighted by atomic mass is 79.9. The van der Waals surface area contributed by atoms with Crippen LogP contribution in [0.5, 0.6) is 0 Å². The van der Waals surface area contributed by atoms with Crippen LogP contribution < -0.4 is 0 Å². The summed E-state index contributed by atoms with van der Waals surface area (Å²) in [5, 5.41) is 0. The van der Waals surface area contributed by atoms with Gasteiger partial charge in [0.05, 0.1) is 0 Å². The van der Waals surface area contributed by atoms with Gasteiger partial charge in [-0.05, 0) is 42.4 Å². The second-order valence-corrected chi connectivity index (χ2v) is 5.93. The van der Waals surface area contributed by atoms with Crippen molar-refractivity contribution in [1.29, 1.82) is 0 Å². The summed E-state index contributed by atoms with van der Waals surface area (Å²) >= 11 is 3.52. The molecule has 84 valence electrons. The number of rotatable bonds is 0. The largest absolute Gasteiger partial charge is 0.294 e. The van der Waals surface area contributed by atoms with Crippen LogP contribution in [0.3, 0.4) is 0 Å². The van der Waals surface area contributed by atoms with Gasteiger partial charge in [-0.2, -0.15) is 0 Å². The van der Waals surface area contributed by atoms with Gasteiger partial charge in [0, 0.05) is 16.5 Å². The Morgan fingerprint density at radius 2 is 2.00 bits per heavy atom. The predicted octanol–water partition coefficient (Wildman–Crippen LogP) is 4.31. The number of hydrogen-bond acceptors (Lipinski definition) is 1. The molecule has 1 aromatic rings. The number of fused-ring (bicyclic) bond motifs is 3. The molecule has 2 atom stereocenters. The zero-order chi connectivity index (χ0) is 11.1. The van der Waals surface area contributed by atoms with Crippen molar-refractivity contribution in [2.45, 2.75) is 38.0 Å². The van der Waals surface area contributed by atoms with E-state index in [-0.39, 0.29) is 0 Å². The lowest BCUT2D eigenvalue weighted by Crippen LogP contribution is -2.27. The van der Waals surface area contributed by atoms with Gasteiger partial charge >= 0.3 is 0 Å². The molecule has 1 saturated carbocycles. The summed E-state index contributed by atoms with van der Waals surface area (Å²) < 4.78 is 1.10. The van der Waals surface area contributed by atoms with Crippen molar-refractivity contribution in [2.24, 2.45) is 5.92 Å². The molecule has 0 N–H and O–H groups in total. The van der Waals surface area contributed by atoms with E-state index >= 15 is 0 Å². The van der Waals surface area contributed by atoms with E-state index in [9.17, 15) is 4.79 Å². The molecule has 0 saturated heterocycles. The Morgan fingerprint density at radius 1 is 1.19 bits per heavy atom. The Balaban J connectivity index is 2.09. The van der Waals surface area contributed by atoms with E-state index in [1.54, 1.807) is 0 Å². The van der Waals surface area contributed by atoms with Gasteiger partial charge in [-0.15, -0.1) is 0 Å². The lowest BCUT2D eigenvalue weighted by Gasteiger charge is -2.36. The zero-order valence-electron chi connectivity index (χ0n) is 9.21. The number of Topliss-reactive ketones (excluding diaryl/α,β-unsaturated/α-hetero) is 1. The number of ketones is 1. The van der Waals surface area contributed by atoms with E-state index in [4.69, 9.17) is 0 Å². The van der Waals surface area contributed by atoms with Crippen LogP contribution in [0.4, 0.5) is 0 Å². The molecule has 0 aromatic heterocycles. The van der Waals surface area contributed by atoms with E-state index in [2.05, 4.69) is 22.0 Å². The maximum atomic E-state index is 12.0. The van der Waals surface area contributed by atoms with Crippen molar-refractivity contribution in [1.82, 2.24) is 0 Å². The maximum Gasteiger partial charge on any atom is 0.163 e. The predicted molar refractivity (Wildman–Crippen MR) is 67.8 cm³/mol. The van der Waals surface area contributed by atoms with Crippen molar-refractivity contribution < 1.29 is 4.79 Å². The monoisotopic (exact) mass is 278 g/mol. The van der Waals surface area contributed by atoms with Gasteiger partial charge in [0.25, 0.3) is 0 Å². The van der Waals surface area contributed by atoms with Crippen LogP contribution in [-0.4, -0.2) is 5.78 Å². The number of carbonyl (C=O) groups is 1. The Hall–Kier alpha value is -0.630. The summed E-state index contributed by atoms with van der Waals surface area (Å²) in [4.78, 5) is 12.0. The van der Waals surface area contributed by atoms with Crippen LogP contribution in [0.1, 0.15) is 53.9 Å². The Morgan fingerprint density at radius 3 is 2.88 bits per heavy atom. The summed E-state index contributed by atoms with van der Waals surface area (Å²) in [5.74, 6) is 1.60. The minimum atomic E-state index is 0.352. The third-order valence-electron chi connectivity index (χ3n) is 4.07. The maximum absolute atomic E-state index is 12.0. The highest BCUT2D eigenvalue weighted by Crippen LogP contribution is 2.45. The van der Waals surface area contributed by atoms with E-state index in [1.165, 1.54) is 31.2 Å². The number of benzene rings is 1. The molecule has 1 nitrogen and oxygen atoms in total. The molecule has 3 rings (SSSR count). The first-order valence-electron chi connectivity index (χ1n) is 6.08. The fourth-order valence-corrected chi connectivity index (χ4v) is 3.68. The van der Waals surface area contributed by atoms with E-state index < -0.39 is 0 Å². The van der Waals surface area contributed by atoms with E-state index in [0.717, 1.165) is 16.5 Å². The third-order valence-corrected chi connectivity index (χ3v) is 4.56. The summed E-state index contributed by atoms with van der Waals surface area (Å²) in [6.45, 7) is 0. The van der Waals surface area contributed by atoms with Crippen molar-refractivity contribution in [2.75, 3.05) is 0 Å². The molecule has 2 unspecified atom stereocenters. The molecule has 0 amide bonds. The minimum absolute atomic E-state index is 0.352. The molecule has 2 aliphatic rings. The van der Waals surface area contributed by atoms with Gasteiger partial charge in [0.1, 0.15) is 0 Å². The Labute approximate surface area is 104 Å². The molecule has 1 fully saturated rings. The second kappa shape index (κ2) is 3.99. The van der Waals surface area contributed by atoms with Crippen LogP contribution in [-0.2, 0) is 0 Å². The quantitative estimate of drug-likeness (QED) is 0.691. The highest BCUT2D eigenvalue weighted by Gasteiger charge is 2.35. The van der Waals surface area contributed by atoms with Gasteiger partial charge in [0.2, 0.25) is 0 Å². The van der Waals surface area contributed by atoms with Gasteiger partial charge < -0.3 is 0 Å². The van der Waals surface area contributed by atoms with Gasteiger partial charge in [-0.25, -0.2) is 0 Å². The van der Waals surface area contributed by atoms with Crippen LogP contribution in [0, 0.1) is 5.92 Å². The fraction of sp³-hybridized carbons (Fsp3) is 0.500. The number of hydrogen-bond donors (Lipinski definition) is 0. The molecule has 0 heterocycles. The molecule has 2 aliphatic carbocycles. The summed E-state index contributed by atoms with van der Waals surface area (Å²) in [6, 6.07) is 6.14. The van der Waals surface area contributed by atoms with Crippen LogP contribution in [0.15, 0.2) is 22.7 Å². The summed E-state index contributed by atoms with van der Waals surface area (Å²) in [5.41, 5.74) is 2.28. The smallest absolute Gasteiger partial charge is 0.163 e. The number of carbonyl (C=O) groups excluding carboxylic acids is 1. The first-order valence-corrected chi connectivity index (χ1v) is 6.87. The summed E-state index contributed by atoms with van der Waals surface area (Å²) in [7, 11) is 0. The van der Waals surface area contributed by atoms with Crippen LogP contribution in [0.2, 0.25) is 0 Å². The molecular weight excluding hydrogens is 264 g/mol. The standard InChI is InChI=1S/C14H15BrO/c15-10-5-6-12-13(8-10)11-4-2-1-3-9(11)7-14(12)16/h5-6,8-9,11H,1-4,7H2. The molecule has 2 heteroatoms. The highest BCUT2D eigenvalue weighted by molar-refractivity contribution is 9.10. The van der Waals surface area contributed by atoms with E-state index in [1.807, 2.05) is 12.1 Å². The van der Waals surface area contributed by atoms with Gasteiger partial charge in [-0.1, -0.05) is 34.8 Å². The summed E-state index contributed by atoms with van der Waals surface area (Å²) in [6.07, 6.45) is 5.90. The van der Waals surface area contributed by atoms with Crippen molar-refractivity contribution in [3.8, 4) is 0 Å². The van der Waals surface area contributed by atoms with Gasteiger partial charge in [0.15, 0.2) is 5.78 Å². The minimum Gasteiger partial charge on any atom is -0.294 e. The molecule has 1 aromatic carbocycles. The first kappa shape index (κ1) is 10.5. The SMILES string of the molecule is O=C1CC2CCCCC2c2cc(Br)ccc21. The average Bonchev–Trinajstić information content (AvgIpc) is 2.29. The molecule has 0 spiro atoms. The second-order valence-electron chi connectivity index (χ2n) is 5.01. The third kappa shape index (κ3) is 1.64. The van der Waals surface area contributed by atoms with Crippen molar-refractivity contribution in [3.63, 3.8) is 0 Å². The number of halogens is 1. The molecule has 16 heavy (non-hydrogen) atoms. The van der Waals surface area contributed by atoms with Crippen molar-refractivity contribution in [3.05, 3.63) is 33.8 Å². The van der Waals surface area contributed by atoms with E-state index in [0.29, 0.717) is 17.6 Å². The molecule has 0 radical (unpaired) electrons. The fourth-order valence-electron chi connectivity index (χ4n) is 3.30. The Kier molecular flexibility index (Phi) is 2.62. The van der Waals surface area contributed by atoms with Crippen molar-refractivity contribution >= 4 is 21.7 Å². The van der Waals surface area contributed by atoms with Crippen LogP contribution in [0.25, 0.3) is 0 Å². The Bertz CT molecular complexity index is 438. The average molecular weight is 279 g/mol. The molecule has 0 bridgehead atoms. The topological polar surface area (TPSA) is 17.1 Å². The molecule has 0 aliphatic heterocycles. The van der Waals surface area contributed by atoms with Gasteiger partial charge in [-0.3, -0.25) is 4.79 Å². The lowest BCUT2D eigenvalue weighted by molar-refractivity contribution is 0.0919. The van der Waals surface area contributed by atoms with Crippen LogP contribution >= 0.6 is 15.9 Å². The lowest BCUT2D eigenvalue weighted by atomic mass is 9.68.